The van der Waals surface area contributed by atoms with E-state index in [2.05, 4.69) is 38.0 Å². The number of hydrogen-bond acceptors (Lipinski definition) is 2. The van der Waals surface area contributed by atoms with Gasteiger partial charge in [0.25, 0.3) is 0 Å². The van der Waals surface area contributed by atoms with E-state index in [1.54, 1.807) is 0 Å². The molecular weight excluding hydrogens is 180 g/mol. The summed E-state index contributed by atoms with van der Waals surface area (Å²) in [5.74, 6) is 1.20. The molecule has 13 heavy (non-hydrogen) atoms. The Hall–Kier alpha value is -0.180. The van der Waals surface area contributed by atoms with E-state index in [9.17, 15) is 0 Å². The normalized spacial score (nSPS) is 32.2. The fourth-order valence-corrected chi connectivity index (χ4v) is 2.65. The minimum Gasteiger partial charge on any atom is -0.360 e. The maximum absolute atomic E-state index is 4.55. The number of nitrogens with zero attached hydrogens (tertiary/aromatic N) is 1. The lowest BCUT2D eigenvalue weighted by atomic mass is 9.96. The maximum atomic E-state index is 4.55. The van der Waals surface area contributed by atoms with E-state index >= 15 is 0 Å². The van der Waals surface area contributed by atoms with E-state index in [1.165, 1.54) is 18.6 Å². The highest BCUT2D eigenvalue weighted by Crippen LogP contribution is 2.24. The van der Waals surface area contributed by atoms with Crippen LogP contribution < -0.4 is 5.32 Å². The standard InChI is InChI=1S/C10H20N2S/c1-5-10(4)6-7-13-9(12-10)11-8(2)3/h8H,5-7H2,1-4H3,(H,11,12). The van der Waals surface area contributed by atoms with Gasteiger partial charge < -0.3 is 5.32 Å². The summed E-state index contributed by atoms with van der Waals surface area (Å²) in [6.07, 6.45) is 2.41. The van der Waals surface area contributed by atoms with Gasteiger partial charge in [-0.15, -0.1) is 0 Å². The van der Waals surface area contributed by atoms with Crippen LogP contribution >= 0.6 is 11.8 Å². The van der Waals surface area contributed by atoms with E-state index in [4.69, 9.17) is 0 Å². The molecular formula is C10H20N2S. The Kier molecular flexibility index (Phi) is 3.65. The molecule has 76 valence electrons. The highest BCUT2D eigenvalue weighted by Gasteiger charge is 2.27. The van der Waals surface area contributed by atoms with Crippen molar-refractivity contribution >= 4 is 16.9 Å². The molecule has 1 N–H and O–H groups in total. The van der Waals surface area contributed by atoms with Crippen LogP contribution in [0, 0.1) is 0 Å². The van der Waals surface area contributed by atoms with E-state index < -0.39 is 0 Å². The van der Waals surface area contributed by atoms with Crippen molar-refractivity contribution in [3.05, 3.63) is 0 Å². The number of thioether (sulfide) groups is 1. The molecule has 1 fully saturated rings. The predicted octanol–water partition coefficient (Wildman–Crippen LogP) is 2.65. The van der Waals surface area contributed by atoms with Crippen LogP contribution in [0.4, 0.5) is 0 Å². The van der Waals surface area contributed by atoms with Crippen LogP contribution in [0.25, 0.3) is 0 Å². The van der Waals surface area contributed by atoms with Crippen molar-refractivity contribution in [2.75, 3.05) is 5.75 Å². The van der Waals surface area contributed by atoms with Gasteiger partial charge in [0.2, 0.25) is 0 Å². The molecule has 0 aromatic heterocycles. The molecule has 1 heterocycles. The summed E-state index contributed by atoms with van der Waals surface area (Å²) < 4.78 is 0. The van der Waals surface area contributed by atoms with Crippen LogP contribution in [0.3, 0.4) is 0 Å². The molecule has 0 aromatic carbocycles. The Balaban J connectivity index is 2.61. The highest BCUT2D eigenvalue weighted by molar-refractivity contribution is 8.13. The third kappa shape index (κ3) is 3.22. The number of hydrogen-bond donors (Lipinski definition) is 1. The molecule has 0 amide bonds. The lowest BCUT2D eigenvalue weighted by Gasteiger charge is -2.35. The molecule has 1 aliphatic rings. The van der Waals surface area contributed by atoms with Gasteiger partial charge in [0.1, 0.15) is 0 Å². The Morgan fingerprint density at radius 1 is 1.62 bits per heavy atom. The van der Waals surface area contributed by atoms with E-state index in [1.807, 2.05) is 11.8 Å². The quantitative estimate of drug-likeness (QED) is 0.741. The SMILES string of the molecule is CCC1(C)CCSC(=NC(C)C)N1. The molecule has 0 saturated carbocycles. The second kappa shape index (κ2) is 4.36. The lowest BCUT2D eigenvalue weighted by molar-refractivity contribution is 0.389. The Morgan fingerprint density at radius 3 is 2.85 bits per heavy atom. The second-order valence-corrected chi connectivity index (χ2v) is 5.25. The fraction of sp³-hybridized carbons (Fsp3) is 0.900. The Morgan fingerprint density at radius 2 is 2.31 bits per heavy atom. The average Bonchev–Trinajstić information content (AvgIpc) is 2.03. The molecule has 0 aliphatic carbocycles. The summed E-state index contributed by atoms with van der Waals surface area (Å²) >= 11 is 1.85. The highest BCUT2D eigenvalue weighted by atomic mass is 32.2. The third-order valence-electron chi connectivity index (χ3n) is 2.46. The molecule has 1 atom stereocenters. The number of rotatable bonds is 2. The van der Waals surface area contributed by atoms with Crippen molar-refractivity contribution in [1.29, 1.82) is 0 Å². The van der Waals surface area contributed by atoms with Gasteiger partial charge in [-0.25, -0.2) is 0 Å². The van der Waals surface area contributed by atoms with E-state index in [0.29, 0.717) is 6.04 Å². The van der Waals surface area contributed by atoms with Crippen molar-refractivity contribution in [2.45, 2.75) is 52.1 Å². The first-order valence-electron chi connectivity index (χ1n) is 5.04. The zero-order valence-corrected chi connectivity index (χ0v) is 9.87. The van der Waals surface area contributed by atoms with Crippen molar-refractivity contribution in [2.24, 2.45) is 4.99 Å². The zero-order chi connectivity index (χ0) is 9.90. The van der Waals surface area contributed by atoms with Crippen LogP contribution in [0.1, 0.15) is 40.5 Å². The van der Waals surface area contributed by atoms with Gasteiger partial charge in [0.15, 0.2) is 5.17 Å². The molecule has 1 unspecified atom stereocenters. The van der Waals surface area contributed by atoms with Crippen LogP contribution in [0.5, 0.6) is 0 Å². The zero-order valence-electron chi connectivity index (χ0n) is 9.05. The summed E-state index contributed by atoms with van der Waals surface area (Å²) in [4.78, 5) is 4.55. The summed E-state index contributed by atoms with van der Waals surface area (Å²) in [5, 5.41) is 4.65. The monoisotopic (exact) mass is 200 g/mol. The Labute approximate surface area is 85.6 Å². The first-order valence-corrected chi connectivity index (χ1v) is 6.03. The molecule has 0 radical (unpaired) electrons. The second-order valence-electron chi connectivity index (χ2n) is 4.17. The smallest absolute Gasteiger partial charge is 0.157 e. The molecule has 2 nitrogen and oxygen atoms in total. The Bertz CT molecular complexity index is 201. The molecule has 0 spiro atoms. The fourth-order valence-electron chi connectivity index (χ4n) is 1.30. The predicted molar refractivity (Wildman–Crippen MR) is 61.5 cm³/mol. The van der Waals surface area contributed by atoms with Crippen molar-refractivity contribution in [1.82, 2.24) is 5.32 Å². The summed E-state index contributed by atoms with van der Waals surface area (Å²) in [6.45, 7) is 8.75. The first-order chi connectivity index (χ1) is 6.06. The van der Waals surface area contributed by atoms with E-state index in [0.717, 1.165) is 5.17 Å². The van der Waals surface area contributed by atoms with E-state index in [-0.39, 0.29) is 5.54 Å². The average molecular weight is 200 g/mol. The molecule has 0 bridgehead atoms. The number of nitrogens with one attached hydrogen (secondary N) is 1. The van der Waals surface area contributed by atoms with Crippen LogP contribution in [-0.2, 0) is 0 Å². The summed E-state index contributed by atoms with van der Waals surface area (Å²) in [5.41, 5.74) is 0.277. The van der Waals surface area contributed by atoms with Gasteiger partial charge in [0, 0.05) is 17.3 Å². The third-order valence-corrected chi connectivity index (χ3v) is 3.35. The van der Waals surface area contributed by atoms with Gasteiger partial charge in [-0.2, -0.15) is 0 Å². The van der Waals surface area contributed by atoms with Gasteiger partial charge >= 0.3 is 0 Å². The van der Waals surface area contributed by atoms with Crippen LogP contribution in [0.2, 0.25) is 0 Å². The molecule has 1 saturated heterocycles. The van der Waals surface area contributed by atoms with Gasteiger partial charge in [-0.1, -0.05) is 18.7 Å². The van der Waals surface area contributed by atoms with Crippen LogP contribution in [-0.4, -0.2) is 22.5 Å². The van der Waals surface area contributed by atoms with Gasteiger partial charge in [-0.3, -0.25) is 4.99 Å². The number of amidine groups is 1. The summed E-state index contributed by atoms with van der Waals surface area (Å²) in [6, 6.07) is 0.397. The van der Waals surface area contributed by atoms with Crippen LogP contribution in [0.15, 0.2) is 4.99 Å². The lowest BCUT2D eigenvalue weighted by Crippen LogP contribution is -2.48. The summed E-state index contributed by atoms with van der Waals surface area (Å²) in [7, 11) is 0. The largest absolute Gasteiger partial charge is 0.360 e. The molecule has 3 heteroatoms. The minimum absolute atomic E-state index is 0.277. The van der Waals surface area contributed by atoms with Gasteiger partial charge in [-0.05, 0) is 33.6 Å². The topological polar surface area (TPSA) is 24.4 Å². The number of aliphatic imine (C=N–C) groups is 1. The first kappa shape index (κ1) is 10.9. The van der Waals surface area contributed by atoms with Gasteiger partial charge in [0.05, 0.1) is 0 Å². The molecule has 1 rings (SSSR count). The minimum atomic E-state index is 0.277. The van der Waals surface area contributed by atoms with Crippen molar-refractivity contribution in [3.63, 3.8) is 0 Å². The van der Waals surface area contributed by atoms with Crippen molar-refractivity contribution < 1.29 is 0 Å². The molecule has 0 aromatic rings. The maximum Gasteiger partial charge on any atom is 0.157 e. The molecule has 1 aliphatic heterocycles. The van der Waals surface area contributed by atoms with Crippen molar-refractivity contribution in [3.8, 4) is 0 Å².